The van der Waals surface area contributed by atoms with Crippen LogP contribution < -0.4 is 9.47 Å². The van der Waals surface area contributed by atoms with Gasteiger partial charge in [-0.25, -0.2) is 0 Å². The first-order chi connectivity index (χ1) is 12.8. The molecule has 2 atom stereocenters. The van der Waals surface area contributed by atoms with E-state index in [0.29, 0.717) is 0 Å². The van der Waals surface area contributed by atoms with Crippen LogP contribution in [0, 0.1) is 0 Å². The number of nitrogens with zero attached hydrogens (tertiary/aromatic N) is 1. The molecule has 1 fully saturated rings. The molecular weight excluding hydrogens is 322 g/mol. The summed E-state index contributed by atoms with van der Waals surface area (Å²) < 4.78 is 11.8. The van der Waals surface area contributed by atoms with Crippen LogP contribution in [0.15, 0.2) is 60.7 Å². The maximum absolute atomic E-state index is 6.44. The molecule has 0 amide bonds. The van der Waals surface area contributed by atoms with Crippen LogP contribution in [0.2, 0.25) is 0 Å². The number of fused-ring (bicyclic) bond motifs is 4. The molecule has 3 heteroatoms. The van der Waals surface area contributed by atoms with Gasteiger partial charge in [0.1, 0.15) is 11.5 Å². The van der Waals surface area contributed by atoms with Gasteiger partial charge in [-0.3, -0.25) is 4.90 Å². The van der Waals surface area contributed by atoms with E-state index in [4.69, 9.17) is 9.47 Å². The standard InChI is InChI=1S/C23H23NO2/c1-25-18-12-9-17(10-13-18)23-22-19-7-3-2-6-16(19)11-14-20(22)26-21-8-4-5-15-24(21)23/h2-3,6-7,9-14,21,23H,4-5,8,15H2,1H3/t21-,23+/m0/s1. The minimum atomic E-state index is 0.171. The summed E-state index contributed by atoms with van der Waals surface area (Å²) in [7, 11) is 1.72. The Morgan fingerprint density at radius 2 is 1.81 bits per heavy atom. The monoisotopic (exact) mass is 345 g/mol. The lowest BCUT2D eigenvalue weighted by Crippen LogP contribution is -2.48. The van der Waals surface area contributed by atoms with E-state index < -0.39 is 0 Å². The van der Waals surface area contributed by atoms with Crippen molar-refractivity contribution in [2.45, 2.75) is 31.5 Å². The van der Waals surface area contributed by atoms with Crippen LogP contribution >= 0.6 is 0 Å². The lowest BCUT2D eigenvalue weighted by molar-refractivity contribution is -0.0413. The summed E-state index contributed by atoms with van der Waals surface area (Å²) in [6.45, 7) is 1.07. The topological polar surface area (TPSA) is 21.7 Å². The largest absolute Gasteiger partial charge is 0.497 e. The van der Waals surface area contributed by atoms with Crippen LogP contribution in [0.3, 0.4) is 0 Å². The fraction of sp³-hybridized carbons (Fsp3) is 0.304. The zero-order valence-corrected chi connectivity index (χ0v) is 15.0. The lowest BCUT2D eigenvalue weighted by Gasteiger charge is -2.46. The third-order valence-electron chi connectivity index (χ3n) is 5.72. The van der Waals surface area contributed by atoms with Crippen molar-refractivity contribution in [3.05, 3.63) is 71.8 Å². The van der Waals surface area contributed by atoms with Gasteiger partial charge >= 0.3 is 0 Å². The highest BCUT2D eigenvalue weighted by molar-refractivity contribution is 5.89. The molecule has 0 N–H and O–H groups in total. The van der Waals surface area contributed by atoms with Crippen molar-refractivity contribution in [3.8, 4) is 11.5 Å². The van der Waals surface area contributed by atoms with Crippen molar-refractivity contribution in [2.24, 2.45) is 0 Å². The maximum Gasteiger partial charge on any atom is 0.153 e. The highest BCUT2D eigenvalue weighted by Crippen LogP contribution is 2.46. The molecule has 0 saturated carbocycles. The smallest absolute Gasteiger partial charge is 0.153 e. The van der Waals surface area contributed by atoms with Gasteiger partial charge < -0.3 is 9.47 Å². The van der Waals surface area contributed by atoms with E-state index >= 15 is 0 Å². The van der Waals surface area contributed by atoms with Crippen LogP contribution in [0.5, 0.6) is 11.5 Å². The second kappa shape index (κ2) is 6.33. The van der Waals surface area contributed by atoms with E-state index in [0.717, 1.165) is 24.5 Å². The number of hydrogen-bond acceptors (Lipinski definition) is 3. The molecule has 0 unspecified atom stereocenters. The van der Waals surface area contributed by atoms with Gasteiger partial charge in [0.25, 0.3) is 0 Å². The van der Waals surface area contributed by atoms with Crippen molar-refractivity contribution >= 4 is 10.8 Å². The molecule has 2 heterocycles. The minimum Gasteiger partial charge on any atom is -0.497 e. The first-order valence-corrected chi connectivity index (χ1v) is 9.43. The molecule has 132 valence electrons. The third-order valence-corrected chi connectivity index (χ3v) is 5.72. The van der Waals surface area contributed by atoms with Gasteiger partial charge in [0.2, 0.25) is 0 Å². The molecule has 0 aromatic heterocycles. The Kier molecular flexibility index (Phi) is 3.83. The van der Waals surface area contributed by atoms with Crippen LogP contribution in [0.4, 0.5) is 0 Å². The summed E-state index contributed by atoms with van der Waals surface area (Å²) in [6.07, 6.45) is 3.73. The Hall–Kier alpha value is -2.52. The predicted molar refractivity (Wildman–Crippen MR) is 104 cm³/mol. The Morgan fingerprint density at radius 1 is 0.962 bits per heavy atom. The molecule has 2 aliphatic rings. The van der Waals surface area contributed by atoms with Crippen LogP contribution in [-0.2, 0) is 0 Å². The molecule has 2 aliphatic heterocycles. The van der Waals surface area contributed by atoms with Crippen molar-refractivity contribution in [2.75, 3.05) is 13.7 Å². The van der Waals surface area contributed by atoms with Gasteiger partial charge in [0.15, 0.2) is 6.23 Å². The quantitative estimate of drug-likeness (QED) is 0.642. The van der Waals surface area contributed by atoms with E-state index in [1.807, 2.05) is 0 Å². The van der Waals surface area contributed by atoms with Crippen molar-refractivity contribution in [3.63, 3.8) is 0 Å². The van der Waals surface area contributed by atoms with Gasteiger partial charge in [-0.15, -0.1) is 0 Å². The number of ether oxygens (including phenoxy) is 2. The van der Waals surface area contributed by atoms with E-state index in [9.17, 15) is 0 Å². The van der Waals surface area contributed by atoms with Gasteiger partial charge in [-0.1, -0.05) is 42.5 Å². The molecule has 0 radical (unpaired) electrons. The molecular formula is C23H23NO2. The first kappa shape index (κ1) is 15.7. The normalized spacial score (nSPS) is 22.3. The number of benzene rings is 3. The highest BCUT2D eigenvalue weighted by atomic mass is 16.5. The number of rotatable bonds is 2. The summed E-state index contributed by atoms with van der Waals surface area (Å²) in [5, 5.41) is 2.55. The number of piperidine rings is 1. The van der Waals surface area contributed by atoms with Crippen LogP contribution in [0.25, 0.3) is 10.8 Å². The molecule has 1 saturated heterocycles. The molecule has 5 rings (SSSR count). The summed E-state index contributed by atoms with van der Waals surface area (Å²) in [6, 6.07) is 21.7. The van der Waals surface area contributed by atoms with E-state index in [-0.39, 0.29) is 12.3 Å². The van der Waals surface area contributed by atoms with Crippen molar-refractivity contribution < 1.29 is 9.47 Å². The molecule has 0 spiro atoms. The maximum atomic E-state index is 6.44. The summed E-state index contributed by atoms with van der Waals surface area (Å²) in [5.74, 6) is 1.93. The first-order valence-electron chi connectivity index (χ1n) is 9.43. The van der Waals surface area contributed by atoms with E-state index in [1.165, 1.54) is 34.7 Å². The summed E-state index contributed by atoms with van der Waals surface area (Å²) >= 11 is 0. The minimum absolute atomic E-state index is 0.171. The van der Waals surface area contributed by atoms with Crippen molar-refractivity contribution in [1.82, 2.24) is 4.90 Å². The van der Waals surface area contributed by atoms with Gasteiger partial charge in [0, 0.05) is 12.1 Å². The van der Waals surface area contributed by atoms with E-state index in [2.05, 4.69) is 65.6 Å². The third kappa shape index (κ3) is 2.46. The summed E-state index contributed by atoms with van der Waals surface area (Å²) in [4.78, 5) is 2.54. The Morgan fingerprint density at radius 3 is 2.65 bits per heavy atom. The van der Waals surface area contributed by atoms with E-state index in [1.54, 1.807) is 7.11 Å². The van der Waals surface area contributed by atoms with Gasteiger partial charge in [-0.2, -0.15) is 0 Å². The molecule has 0 bridgehead atoms. The van der Waals surface area contributed by atoms with Gasteiger partial charge in [0.05, 0.1) is 13.2 Å². The zero-order chi connectivity index (χ0) is 17.5. The highest BCUT2D eigenvalue weighted by Gasteiger charge is 2.38. The Bertz CT molecular complexity index is 935. The fourth-order valence-corrected chi connectivity index (χ4v) is 4.46. The van der Waals surface area contributed by atoms with Crippen molar-refractivity contribution in [1.29, 1.82) is 0 Å². The predicted octanol–water partition coefficient (Wildman–Crippen LogP) is 5.14. The number of hydrogen-bond donors (Lipinski definition) is 0. The second-order valence-corrected chi connectivity index (χ2v) is 7.18. The average molecular weight is 345 g/mol. The van der Waals surface area contributed by atoms with Crippen LogP contribution in [0.1, 0.15) is 36.4 Å². The molecule has 3 aromatic rings. The zero-order valence-electron chi connectivity index (χ0n) is 15.0. The molecule has 26 heavy (non-hydrogen) atoms. The number of methoxy groups -OCH3 is 1. The average Bonchev–Trinajstić information content (AvgIpc) is 2.72. The fourth-order valence-electron chi connectivity index (χ4n) is 4.46. The molecule has 3 nitrogen and oxygen atoms in total. The Balaban J connectivity index is 1.72. The van der Waals surface area contributed by atoms with Gasteiger partial charge in [-0.05, 0) is 53.8 Å². The lowest BCUT2D eigenvalue weighted by atomic mass is 9.88. The van der Waals surface area contributed by atoms with Crippen LogP contribution in [-0.4, -0.2) is 24.8 Å². The Labute approximate surface area is 154 Å². The SMILES string of the molecule is COc1ccc([C@@H]2c3c(ccc4ccccc34)O[C@H]3CCCCN23)cc1. The summed E-state index contributed by atoms with van der Waals surface area (Å²) in [5.41, 5.74) is 2.60. The second-order valence-electron chi connectivity index (χ2n) is 7.18. The molecule has 3 aromatic carbocycles. The molecule has 0 aliphatic carbocycles.